The van der Waals surface area contributed by atoms with Gasteiger partial charge in [-0.1, -0.05) is 30.4 Å². The molecule has 2 unspecified atom stereocenters. The van der Waals surface area contributed by atoms with E-state index in [-0.39, 0.29) is 46.5 Å². The van der Waals surface area contributed by atoms with Crippen molar-refractivity contribution in [2.75, 3.05) is 0 Å². The quantitative estimate of drug-likeness (QED) is 0.553. The standard InChI is InChI=1S/C20H15N3O4/c24-17-21(8-4-2-1-3-5-8)18(25)23-16-13-11-12(13)15(22(17)23)19-9-6-7-10(27-26-9)20(16,19)14(11)19/h1-7,9-16H/t9-,10-,11?,12-,13+,14?,15+,16-,19+,20-/m0/s1. The minimum Gasteiger partial charge on any atom is -0.245 e. The van der Waals surface area contributed by atoms with Crippen LogP contribution in [0.3, 0.4) is 0 Å². The molecule has 1 aromatic carbocycles. The van der Waals surface area contributed by atoms with Gasteiger partial charge in [0.25, 0.3) is 0 Å². The maximum absolute atomic E-state index is 13.5. The Balaban J connectivity index is 1.41. The van der Waals surface area contributed by atoms with Crippen LogP contribution in [0.5, 0.6) is 0 Å². The third-order valence-corrected chi connectivity index (χ3v) is 9.19. The molecule has 7 nitrogen and oxygen atoms in total. The molecule has 4 aliphatic heterocycles. The molecule has 2 aromatic rings. The zero-order valence-corrected chi connectivity index (χ0v) is 14.1. The summed E-state index contributed by atoms with van der Waals surface area (Å²) >= 11 is 0. The molecule has 10 atom stereocenters. The van der Waals surface area contributed by atoms with Crippen LogP contribution in [0, 0.1) is 34.5 Å². The molecule has 9 aliphatic rings. The Labute approximate surface area is 152 Å². The molecule has 0 N–H and O–H groups in total. The first-order valence-electron chi connectivity index (χ1n) is 9.77. The topological polar surface area (TPSA) is 67.4 Å². The molecule has 27 heavy (non-hydrogen) atoms. The van der Waals surface area contributed by atoms with Crippen molar-refractivity contribution < 1.29 is 9.78 Å². The summed E-state index contributed by atoms with van der Waals surface area (Å²) < 4.78 is 4.97. The van der Waals surface area contributed by atoms with Crippen molar-refractivity contribution in [2.24, 2.45) is 34.5 Å². The number of para-hydroxylation sites is 1. The van der Waals surface area contributed by atoms with E-state index in [1.807, 2.05) is 39.7 Å². The lowest BCUT2D eigenvalue weighted by molar-refractivity contribution is -0.403. The van der Waals surface area contributed by atoms with Gasteiger partial charge in [0, 0.05) is 10.8 Å². The number of hydrogen-bond acceptors (Lipinski definition) is 4. The highest BCUT2D eigenvalue weighted by atomic mass is 17.2. The fraction of sp³-hybridized carbons (Fsp3) is 0.500. The number of benzene rings is 1. The molecular formula is C20H15N3O4. The van der Waals surface area contributed by atoms with E-state index in [1.165, 1.54) is 4.57 Å². The van der Waals surface area contributed by atoms with Crippen LogP contribution < -0.4 is 11.4 Å². The fourth-order valence-electron chi connectivity index (χ4n) is 8.98. The highest BCUT2D eigenvalue weighted by molar-refractivity contribution is 5.55. The smallest absolute Gasteiger partial charge is 0.245 e. The van der Waals surface area contributed by atoms with Gasteiger partial charge >= 0.3 is 11.4 Å². The van der Waals surface area contributed by atoms with E-state index in [9.17, 15) is 9.59 Å². The Bertz CT molecular complexity index is 1180. The van der Waals surface area contributed by atoms with Crippen LogP contribution in [0.15, 0.2) is 52.1 Å². The summed E-state index contributed by atoms with van der Waals surface area (Å²) in [4.78, 5) is 38.4. The molecule has 5 heterocycles. The van der Waals surface area contributed by atoms with Gasteiger partial charge in [-0.05, 0) is 35.8 Å². The predicted molar refractivity (Wildman–Crippen MR) is 90.1 cm³/mol. The summed E-state index contributed by atoms with van der Waals surface area (Å²) in [5, 5.41) is 0. The van der Waals surface area contributed by atoms with Crippen LogP contribution >= 0.6 is 0 Å². The van der Waals surface area contributed by atoms with Crippen molar-refractivity contribution in [3.8, 4) is 5.69 Å². The second-order valence-electron chi connectivity index (χ2n) is 9.31. The van der Waals surface area contributed by atoms with E-state index in [2.05, 4.69) is 12.2 Å². The lowest BCUT2D eigenvalue weighted by Crippen LogP contribution is -2.62. The molecule has 0 amide bonds. The maximum atomic E-state index is 13.5. The van der Waals surface area contributed by atoms with Gasteiger partial charge in [-0.25, -0.2) is 33.3 Å². The number of aromatic nitrogens is 3. The summed E-state index contributed by atoms with van der Waals surface area (Å²) in [6.07, 6.45) is 4.08. The molecule has 2 spiro atoms. The van der Waals surface area contributed by atoms with Crippen LogP contribution in [-0.4, -0.2) is 26.1 Å². The van der Waals surface area contributed by atoms with Crippen molar-refractivity contribution in [1.82, 2.24) is 13.9 Å². The van der Waals surface area contributed by atoms with Gasteiger partial charge in [-0.3, -0.25) is 0 Å². The van der Waals surface area contributed by atoms with Crippen LogP contribution in [0.2, 0.25) is 0 Å². The average Bonchev–Trinajstić information content (AvgIpc) is 3.50. The normalized spacial score (nSPS) is 54.8. The molecule has 7 heteroatoms. The monoisotopic (exact) mass is 361 g/mol. The van der Waals surface area contributed by atoms with Crippen LogP contribution in [-0.2, 0) is 9.78 Å². The van der Waals surface area contributed by atoms with Crippen molar-refractivity contribution in [2.45, 2.75) is 24.3 Å². The number of nitrogens with zero attached hydrogens (tertiary/aromatic N) is 3. The third-order valence-electron chi connectivity index (χ3n) is 9.19. The lowest BCUT2D eigenvalue weighted by atomic mass is 9.64. The first kappa shape index (κ1) is 12.9. The number of hydrogen-bond donors (Lipinski definition) is 0. The van der Waals surface area contributed by atoms with E-state index in [4.69, 9.17) is 9.78 Å². The Morgan fingerprint density at radius 3 is 1.85 bits per heavy atom. The van der Waals surface area contributed by atoms with E-state index < -0.39 is 0 Å². The molecule has 1 saturated heterocycles. The molecule has 5 aliphatic carbocycles. The summed E-state index contributed by atoms with van der Waals surface area (Å²) in [6, 6.07) is 9.39. The highest BCUT2D eigenvalue weighted by Gasteiger charge is 3.07. The minimum atomic E-state index is -0.202. The molecule has 4 bridgehead atoms. The lowest BCUT2D eigenvalue weighted by Gasteiger charge is -2.55. The van der Waals surface area contributed by atoms with Crippen LogP contribution in [0.1, 0.15) is 12.1 Å². The maximum Gasteiger partial charge on any atom is 0.352 e. The number of rotatable bonds is 1. The third kappa shape index (κ3) is 0.870. The zero-order valence-electron chi connectivity index (χ0n) is 14.1. The SMILES string of the molecule is O=c1n(-c2ccccc2)c(=O)n2n1[C@H]1[C@@H]3C4C5[C@]6([C@@H]7C=C[C@H](OO7)[C@]516)[C@H]2[C@@H]43. The van der Waals surface area contributed by atoms with Crippen molar-refractivity contribution in [3.05, 3.63) is 63.5 Å². The molecule has 0 radical (unpaired) electrons. The largest absolute Gasteiger partial charge is 0.352 e. The Hall–Kier alpha value is -2.38. The van der Waals surface area contributed by atoms with E-state index in [1.54, 1.807) is 0 Å². The molecule has 5 fully saturated rings. The van der Waals surface area contributed by atoms with Crippen molar-refractivity contribution >= 4 is 0 Å². The summed E-state index contributed by atoms with van der Waals surface area (Å²) in [6.45, 7) is 0. The fourth-order valence-corrected chi connectivity index (χ4v) is 8.98. The second kappa shape index (κ2) is 3.29. The van der Waals surface area contributed by atoms with Crippen molar-refractivity contribution in [1.29, 1.82) is 0 Å². The predicted octanol–water partition coefficient (Wildman–Crippen LogP) is 0.657. The first-order valence-corrected chi connectivity index (χ1v) is 9.77. The average molecular weight is 361 g/mol. The van der Waals surface area contributed by atoms with Gasteiger partial charge in [0.15, 0.2) is 0 Å². The molecule has 11 rings (SSSR count). The summed E-state index contributed by atoms with van der Waals surface area (Å²) in [7, 11) is 0. The first-order chi connectivity index (χ1) is 13.3. The van der Waals surface area contributed by atoms with Crippen molar-refractivity contribution in [3.63, 3.8) is 0 Å². The minimum absolute atomic E-state index is 0.0431. The summed E-state index contributed by atoms with van der Waals surface area (Å²) in [5.74, 6) is 2.22. The highest BCUT2D eigenvalue weighted by Crippen LogP contribution is 3.05. The van der Waals surface area contributed by atoms with E-state index >= 15 is 0 Å². The van der Waals surface area contributed by atoms with Crippen LogP contribution in [0.4, 0.5) is 0 Å². The Kier molecular flexibility index (Phi) is 1.57. The van der Waals surface area contributed by atoms with Gasteiger partial charge in [-0.15, -0.1) is 0 Å². The molecule has 134 valence electrons. The molecular weight excluding hydrogens is 346 g/mol. The zero-order chi connectivity index (χ0) is 17.4. The van der Waals surface area contributed by atoms with E-state index in [0.717, 1.165) is 0 Å². The van der Waals surface area contributed by atoms with Crippen LogP contribution in [0.25, 0.3) is 5.69 Å². The molecule has 1 aromatic heterocycles. The van der Waals surface area contributed by atoms with Gasteiger partial charge < -0.3 is 0 Å². The second-order valence-corrected chi connectivity index (χ2v) is 9.31. The van der Waals surface area contributed by atoms with Gasteiger partial charge in [0.2, 0.25) is 0 Å². The Morgan fingerprint density at radius 1 is 0.778 bits per heavy atom. The molecule has 4 saturated carbocycles. The summed E-state index contributed by atoms with van der Waals surface area (Å²) in [5.41, 5.74) is 0.152. The van der Waals surface area contributed by atoms with Gasteiger partial charge in [-0.2, -0.15) is 0 Å². The van der Waals surface area contributed by atoms with Gasteiger partial charge in [0.05, 0.1) is 17.8 Å². The number of fused-ring (bicyclic) bond motifs is 1. The van der Waals surface area contributed by atoms with Gasteiger partial charge in [0.1, 0.15) is 12.2 Å². The van der Waals surface area contributed by atoms with E-state index in [0.29, 0.717) is 29.4 Å². The Morgan fingerprint density at radius 2 is 1.33 bits per heavy atom.